The normalized spacial score (nSPS) is 17.1. The van der Waals surface area contributed by atoms with Crippen LogP contribution in [-0.4, -0.2) is 28.6 Å². The number of ether oxygens (including phenoxy) is 1. The monoisotopic (exact) mass is 332 g/mol. The van der Waals surface area contributed by atoms with Crippen LogP contribution in [0.2, 0.25) is 0 Å². The van der Waals surface area contributed by atoms with Crippen molar-refractivity contribution >= 4 is 23.2 Å². The summed E-state index contributed by atoms with van der Waals surface area (Å²) in [4.78, 5) is 27.8. The molecule has 1 aliphatic heterocycles. The molecule has 120 valence electrons. The molecule has 0 saturated carbocycles. The molecule has 7 heteroatoms. The summed E-state index contributed by atoms with van der Waals surface area (Å²) in [5, 5.41) is 12.5. The highest BCUT2D eigenvalue weighted by molar-refractivity contribution is 7.13. The minimum atomic E-state index is -0.966. The van der Waals surface area contributed by atoms with Crippen molar-refractivity contribution < 1.29 is 19.4 Å². The van der Waals surface area contributed by atoms with Crippen molar-refractivity contribution in [1.82, 2.24) is 10.3 Å². The van der Waals surface area contributed by atoms with Gasteiger partial charge in [0.25, 0.3) is 5.91 Å². The fraction of sp³-hybridized carbons (Fsp3) is 0.312. The van der Waals surface area contributed by atoms with Crippen LogP contribution in [0, 0.1) is 0 Å². The molecule has 0 aliphatic carbocycles. The van der Waals surface area contributed by atoms with Gasteiger partial charge in [-0.1, -0.05) is 12.1 Å². The summed E-state index contributed by atoms with van der Waals surface area (Å²) in [6.07, 6.45) is 3.57. The molecular formula is C16H16N2O4S. The van der Waals surface area contributed by atoms with Crippen LogP contribution in [0.4, 0.5) is 0 Å². The Bertz CT molecular complexity index is 705. The van der Waals surface area contributed by atoms with E-state index >= 15 is 0 Å². The van der Waals surface area contributed by atoms with E-state index in [1.165, 1.54) is 23.5 Å². The molecule has 0 radical (unpaired) electrons. The number of carbonyl (C=O) groups excluding carboxylic acids is 1. The standard InChI is InChI=1S/C16H16N2O4S/c19-14(13-9-18-15(23-13)12-2-1-7-22-12)17-8-10-3-5-11(6-4-10)16(20)21/h3-6,9,12H,1-2,7-8H2,(H,17,19)(H,20,21). The Hall–Kier alpha value is -2.25. The maximum absolute atomic E-state index is 12.1. The summed E-state index contributed by atoms with van der Waals surface area (Å²) in [5.74, 6) is -1.15. The molecule has 1 aliphatic rings. The van der Waals surface area contributed by atoms with Crippen LogP contribution >= 0.6 is 11.3 Å². The number of carboxylic acid groups (broad SMARTS) is 1. The molecule has 1 saturated heterocycles. The molecule has 1 unspecified atom stereocenters. The summed E-state index contributed by atoms with van der Waals surface area (Å²) in [5.41, 5.74) is 1.07. The summed E-state index contributed by atoms with van der Waals surface area (Å²) < 4.78 is 5.56. The van der Waals surface area contributed by atoms with Crippen molar-refractivity contribution in [3.05, 3.63) is 51.5 Å². The van der Waals surface area contributed by atoms with Gasteiger partial charge in [0, 0.05) is 13.2 Å². The second-order valence-corrected chi connectivity index (χ2v) is 6.31. The van der Waals surface area contributed by atoms with Crippen molar-refractivity contribution in [2.24, 2.45) is 0 Å². The first-order valence-electron chi connectivity index (χ1n) is 7.31. The molecule has 2 N–H and O–H groups in total. The van der Waals surface area contributed by atoms with Crippen molar-refractivity contribution in [2.45, 2.75) is 25.5 Å². The number of hydrogen-bond donors (Lipinski definition) is 2. The number of nitrogens with one attached hydrogen (secondary N) is 1. The largest absolute Gasteiger partial charge is 0.478 e. The predicted molar refractivity (Wildman–Crippen MR) is 84.6 cm³/mol. The highest BCUT2D eigenvalue weighted by atomic mass is 32.1. The van der Waals surface area contributed by atoms with Crippen molar-refractivity contribution in [1.29, 1.82) is 0 Å². The number of carboxylic acids is 1. The Morgan fingerprint density at radius 3 is 2.78 bits per heavy atom. The summed E-state index contributed by atoms with van der Waals surface area (Å²) in [6, 6.07) is 6.42. The van der Waals surface area contributed by atoms with Gasteiger partial charge in [0.05, 0.1) is 11.8 Å². The average Bonchev–Trinajstić information content (AvgIpc) is 3.23. The van der Waals surface area contributed by atoms with Crippen molar-refractivity contribution in [3.63, 3.8) is 0 Å². The highest BCUT2D eigenvalue weighted by Gasteiger charge is 2.22. The maximum Gasteiger partial charge on any atom is 0.335 e. The van der Waals surface area contributed by atoms with Gasteiger partial charge in [-0.25, -0.2) is 9.78 Å². The zero-order chi connectivity index (χ0) is 16.2. The van der Waals surface area contributed by atoms with E-state index in [-0.39, 0.29) is 17.6 Å². The SMILES string of the molecule is O=C(O)c1ccc(CNC(=O)c2cnc(C3CCCO3)s2)cc1. The van der Waals surface area contributed by atoms with E-state index in [0.29, 0.717) is 11.4 Å². The molecule has 2 heterocycles. The third kappa shape index (κ3) is 3.75. The lowest BCUT2D eigenvalue weighted by molar-refractivity contribution is 0.0696. The quantitative estimate of drug-likeness (QED) is 0.878. The predicted octanol–water partition coefficient (Wildman–Crippen LogP) is 2.62. The Labute approximate surface area is 137 Å². The molecule has 1 aromatic carbocycles. The zero-order valence-electron chi connectivity index (χ0n) is 12.3. The van der Waals surface area contributed by atoms with Crippen LogP contribution in [0.1, 0.15) is 49.5 Å². The molecule has 1 amide bonds. The lowest BCUT2D eigenvalue weighted by atomic mass is 10.1. The van der Waals surface area contributed by atoms with Crippen LogP contribution in [-0.2, 0) is 11.3 Å². The van der Waals surface area contributed by atoms with E-state index in [0.717, 1.165) is 30.0 Å². The Morgan fingerprint density at radius 1 is 1.35 bits per heavy atom. The first-order valence-corrected chi connectivity index (χ1v) is 8.13. The number of aromatic carboxylic acids is 1. The number of benzene rings is 1. The van der Waals surface area contributed by atoms with Crippen LogP contribution in [0.25, 0.3) is 0 Å². The Kier molecular flexibility index (Phi) is 4.68. The fourth-order valence-corrected chi connectivity index (χ4v) is 3.27. The summed E-state index contributed by atoms with van der Waals surface area (Å²) >= 11 is 1.35. The van der Waals surface area contributed by atoms with E-state index in [9.17, 15) is 9.59 Å². The molecule has 6 nitrogen and oxygen atoms in total. The minimum Gasteiger partial charge on any atom is -0.478 e. The van der Waals surface area contributed by atoms with Gasteiger partial charge in [-0.2, -0.15) is 0 Å². The van der Waals surface area contributed by atoms with Crippen molar-refractivity contribution in [3.8, 4) is 0 Å². The van der Waals surface area contributed by atoms with Gasteiger partial charge in [0.15, 0.2) is 0 Å². The van der Waals surface area contributed by atoms with Gasteiger partial charge < -0.3 is 15.2 Å². The van der Waals surface area contributed by atoms with Gasteiger partial charge in [-0.3, -0.25) is 4.79 Å². The number of carbonyl (C=O) groups is 2. The molecule has 0 bridgehead atoms. The lowest BCUT2D eigenvalue weighted by Gasteiger charge is -2.05. The summed E-state index contributed by atoms with van der Waals surface area (Å²) in [7, 11) is 0. The first-order chi connectivity index (χ1) is 11.1. The van der Waals surface area contributed by atoms with Crippen LogP contribution in [0.5, 0.6) is 0 Å². The molecule has 1 aromatic heterocycles. The highest BCUT2D eigenvalue weighted by Crippen LogP contribution is 2.31. The van der Waals surface area contributed by atoms with Gasteiger partial charge in [-0.15, -0.1) is 11.3 Å². The molecule has 23 heavy (non-hydrogen) atoms. The number of rotatable bonds is 5. The number of hydrogen-bond acceptors (Lipinski definition) is 5. The molecule has 3 rings (SSSR count). The molecule has 2 aromatic rings. The average molecular weight is 332 g/mol. The van der Waals surface area contributed by atoms with E-state index < -0.39 is 5.97 Å². The lowest BCUT2D eigenvalue weighted by Crippen LogP contribution is -2.21. The number of amides is 1. The molecular weight excluding hydrogens is 316 g/mol. The third-order valence-electron chi connectivity index (χ3n) is 3.61. The van der Waals surface area contributed by atoms with Gasteiger partial charge in [0.1, 0.15) is 16.0 Å². The number of thiazole rings is 1. The smallest absolute Gasteiger partial charge is 0.335 e. The Balaban J connectivity index is 1.57. The maximum atomic E-state index is 12.1. The van der Waals surface area contributed by atoms with Gasteiger partial charge in [-0.05, 0) is 30.5 Å². The minimum absolute atomic E-state index is 0.0186. The van der Waals surface area contributed by atoms with E-state index in [2.05, 4.69) is 10.3 Å². The van der Waals surface area contributed by atoms with Gasteiger partial charge in [0.2, 0.25) is 0 Å². The van der Waals surface area contributed by atoms with Crippen LogP contribution in [0.3, 0.4) is 0 Å². The van der Waals surface area contributed by atoms with E-state index in [4.69, 9.17) is 9.84 Å². The third-order valence-corrected chi connectivity index (χ3v) is 4.69. The zero-order valence-corrected chi connectivity index (χ0v) is 13.1. The van der Waals surface area contributed by atoms with Gasteiger partial charge >= 0.3 is 5.97 Å². The number of aromatic nitrogens is 1. The second kappa shape index (κ2) is 6.89. The Morgan fingerprint density at radius 2 is 2.13 bits per heavy atom. The van der Waals surface area contributed by atoms with Crippen molar-refractivity contribution in [2.75, 3.05) is 6.61 Å². The topological polar surface area (TPSA) is 88.5 Å². The van der Waals surface area contributed by atoms with Crippen LogP contribution < -0.4 is 5.32 Å². The summed E-state index contributed by atoms with van der Waals surface area (Å²) in [6.45, 7) is 1.09. The van der Waals surface area contributed by atoms with E-state index in [1.807, 2.05) is 0 Å². The molecule has 1 atom stereocenters. The molecule has 0 spiro atoms. The molecule has 1 fully saturated rings. The van der Waals surface area contributed by atoms with Crippen LogP contribution in [0.15, 0.2) is 30.5 Å². The fourth-order valence-electron chi connectivity index (χ4n) is 2.35. The van der Waals surface area contributed by atoms with E-state index in [1.54, 1.807) is 18.3 Å². The number of nitrogens with zero attached hydrogens (tertiary/aromatic N) is 1. The first kappa shape index (κ1) is 15.6. The second-order valence-electron chi connectivity index (χ2n) is 5.25.